The van der Waals surface area contributed by atoms with Gasteiger partial charge in [-0.3, -0.25) is 14.9 Å². The highest BCUT2D eigenvalue weighted by atomic mass is 35.5. The highest BCUT2D eigenvalue weighted by Crippen LogP contribution is 2.23. The van der Waals surface area contributed by atoms with Gasteiger partial charge in [-0.2, -0.15) is 0 Å². The van der Waals surface area contributed by atoms with E-state index in [0.29, 0.717) is 5.02 Å². The van der Waals surface area contributed by atoms with Gasteiger partial charge in [0, 0.05) is 5.02 Å². The molecule has 26 heavy (non-hydrogen) atoms. The van der Waals surface area contributed by atoms with Crippen LogP contribution in [0.1, 0.15) is 19.4 Å². The largest absolute Gasteiger partial charge is 0.480 e. The molecule has 5 nitrogen and oxygen atoms in total. The van der Waals surface area contributed by atoms with E-state index in [4.69, 9.17) is 16.3 Å². The molecular weight excluding hydrogens is 354 g/mol. The van der Waals surface area contributed by atoms with Gasteiger partial charge in [0.05, 0.1) is 6.61 Å². The van der Waals surface area contributed by atoms with Crippen LogP contribution in [0.15, 0.2) is 48.5 Å². The minimum absolute atomic E-state index is 0.257. The summed E-state index contributed by atoms with van der Waals surface area (Å²) in [5.41, 5.74) is 2.84. The van der Waals surface area contributed by atoms with Crippen LogP contribution in [0.5, 0.6) is 0 Å². The molecule has 0 aliphatic heterocycles. The molecule has 0 unspecified atom stereocenters. The first kappa shape index (κ1) is 19.9. The van der Waals surface area contributed by atoms with Crippen molar-refractivity contribution in [2.75, 3.05) is 6.61 Å². The van der Waals surface area contributed by atoms with Crippen molar-refractivity contribution in [2.45, 2.75) is 32.4 Å². The van der Waals surface area contributed by atoms with E-state index in [9.17, 15) is 14.7 Å². The molecule has 0 saturated carbocycles. The molecule has 0 aliphatic rings. The van der Waals surface area contributed by atoms with Crippen molar-refractivity contribution in [1.29, 1.82) is 0 Å². The average Bonchev–Trinajstić information content (AvgIpc) is 2.61. The number of ether oxygens (including phenoxy) is 1. The lowest BCUT2D eigenvalue weighted by Crippen LogP contribution is -2.47. The molecule has 2 aromatic rings. The standard InChI is InChI=1S/C20H22ClNO4/c1-3-26-20(25)13(2)22-18(19(23)24)11-14-7-9-15(10-8-14)16-5-4-6-17(21)12-16/h4-10,12-13,18,22H,3,11H2,1-2H3,(H,23,24)/t13-,18+/m1/s1. The van der Waals surface area contributed by atoms with Gasteiger partial charge in [0.25, 0.3) is 0 Å². The van der Waals surface area contributed by atoms with Crippen LogP contribution in [0.25, 0.3) is 11.1 Å². The fraction of sp³-hybridized carbons (Fsp3) is 0.300. The summed E-state index contributed by atoms with van der Waals surface area (Å²) < 4.78 is 4.90. The summed E-state index contributed by atoms with van der Waals surface area (Å²) in [6.45, 7) is 3.56. The molecule has 2 rings (SSSR count). The minimum Gasteiger partial charge on any atom is -0.480 e. The second kappa shape index (κ2) is 9.36. The van der Waals surface area contributed by atoms with E-state index in [1.54, 1.807) is 13.8 Å². The van der Waals surface area contributed by atoms with E-state index >= 15 is 0 Å². The number of rotatable bonds is 8. The quantitative estimate of drug-likeness (QED) is 0.690. The van der Waals surface area contributed by atoms with Crippen LogP contribution in [-0.4, -0.2) is 35.7 Å². The average molecular weight is 376 g/mol. The van der Waals surface area contributed by atoms with Crippen LogP contribution < -0.4 is 5.32 Å². The molecule has 2 atom stereocenters. The number of carboxylic acid groups (broad SMARTS) is 1. The number of carbonyl (C=O) groups is 2. The molecule has 0 heterocycles. The van der Waals surface area contributed by atoms with E-state index in [0.717, 1.165) is 16.7 Å². The Morgan fingerprint density at radius 2 is 1.85 bits per heavy atom. The Bertz CT molecular complexity index is 761. The first-order chi connectivity index (χ1) is 12.4. The van der Waals surface area contributed by atoms with Crippen molar-refractivity contribution in [3.05, 3.63) is 59.1 Å². The molecule has 0 saturated heterocycles. The van der Waals surface area contributed by atoms with Gasteiger partial charge in [0.2, 0.25) is 0 Å². The van der Waals surface area contributed by atoms with E-state index < -0.39 is 24.0 Å². The summed E-state index contributed by atoms with van der Waals surface area (Å²) in [6, 6.07) is 13.6. The number of carboxylic acids is 1. The number of hydrogen-bond donors (Lipinski definition) is 2. The van der Waals surface area contributed by atoms with E-state index in [2.05, 4.69) is 5.32 Å². The maximum atomic E-state index is 11.7. The van der Waals surface area contributed by atoms with Crippen molar-refractivity contribution in [2.24, 2.45) is 0 Å². The topological polar surface area (TPSA) is 75.6 Å². The number of esters is 1. The maximum absolute atomic E-state index is 11.7. The van der Waals surface area contributed by atoms with Crippen LogP contribution >= 0.6 is 11.6 Å². The molecule has 0 aliphatic carbocycles. The number of halogens is 1. The predicted molar refractivity (Wildman–Crippen MR) is 101 cm³/mol. The SMILES string of the molecule is CCOC(=O)[C@@H](C)N[C@@H](Cc1ccc(-c2cccc(Cl)c2)cc1)C(=O)O. The molecule has 0 aromatic heterocycles. The van der Waals surface area contributed by atoms with Crippen LogP contribution in [0.2, 0.25) is 5.02 Å². The van der Waals surface area contributed by atoms with Crippen molar-refractivity contribution in [1.82, 2.24) is 5.32 Å². The number of carbonyl (C=O) groups excluding carboxylic acids is 1. The van der Waals surface area contributed by atoms with Crippen molar-refractivity contribution in [3.8, 4) is 11.1 Å². The Morgan fingerprint density at radius 3 is 2.42 bits per heavy atom. The van der Waals surface area contributed by atoms with Gasteiger partial charge >= 0.3 is 11.9 Å². The lowest BCUT2D eigenvalue weighted by molar-refractivity contribution is -0.146. The third kappa shape index (κ3) is 5.58. The molecule has 0 amide bonds. The first-order valence-electron chi connectivity index (χ1n) is 8.41. The molecule has 6 heteroatoms. The molecule has 0 bridgehead atoms. The summed E-state index contributed by atoms with van der Waals surface area (Å²) >= 11 is 6.01. The van der Waals surface area contributed by atoms with Gasteiger partial charge in [0.1, 0.15) is 12.1 Å². The van der Waals surface area contributed by atoms with E-state index in [-0.39, 0.29) is 13.0 Å². The Morgan fingerprint density at radius 1 is 1.15 bits per heavy atom. The molecule has 0 spiro atoms. The van der Waals surface area contributed by atoms with Crippen molar-refractivity contribution < 1.29 is 19.4 Å². The van der Waals surface area contributed by atoms with Gasteiger partial charge in [0.15, 0.2) is 0 Å². The van der Waals surface area contributed by atoms with E-state index in [1.165, 1.54) is 0 Å². The van der Waals surface area contributed by atoms with Crippen LogP contribution in [-0.2, 0) is 20.7 Å². The number of hydrogen-bond acceptors (Lipinski definition) is 4. The Hall–Kier alpha value is -2.37. The van der Waals surface area contributed by atoms with Crippen LogP contribution in [0, 0.1) is 0 Å². The Labute approximate surface area is 157 Å². The normalized spacial score (nSPS) is 13.0. The van der Waals surface area contributed by atoms with Crippen LogP contribution in [0.3, 0.4) is 0 Å². The summed E-state index contributed by atoms with van der Waals surface area (Å²) in [5, 5.41) is 12.9. The monoisotopic (exact) mass is 375 g/mol. The molecular formula is C20H22ClNO4. The third-order valence-corrected chi connectivity index (χ3v) is 4.18. The Balaban J connectivity index is 2.07. The highest BCUT2D eigenvalue weighted by molar-refractivity contribution is 6.30. The number of aliphatic carboxylic acids is 1. The smallest absolute Gasteiger partial charge is 0.322 e. The maximum Gasteiger partial charge on any atom is 0.322 e. The number of benzene rings is 2. The summed E-state index contributed by atoms with van der Waals surface area (Å²) in [5.74, 6) is -1.48. The minimum atomic E-state index is -1.01. The first-order valence-corrected chi connectivity index (χ1v) is 8.79. The lowest BCUT2D eigenvalue weighted by Gasteiger charge is -2.19. The van der Waals surface area contributed by atoms with Crippen molar-refractivity contribution >= 4 is 23.5 Å². The summed E-state index contributed by atoms with van der Waals surface area (Å²) in [4.78, 5) is 23.2. The third-order valence-electron chi connectivity index (χ3n) is 3.94. The molecule has 2 N–H and O–H groups in total. The second-order valence-corrected chi connectivity index (χ2v) is 6.38. The van der Waals surface area contributed by atoms with Gasteiger partial charge < -0.3 is 9.84 Å². The van der Waals surface area contributed by atoms with E-state index in [1.807, 2.05) is 48.5 Å². The highest BCUT2D eigenvalue weighted by Gasteiger charge is 2.24. The predicted octanol–water partition coefficient (Wildman–Crippen LogP) is 3.54. The van der Waals surface area contributed by atoms with Gasteiger partial charge in [-0.25, -0.2) is 0 Å². The fourth-order valence-electron chi connectivity index (χ4n) is 2.59. The lowest BCUT2D eigenvalue weighted by atomic mass is 10.0. The van der Waals surface area contributed by atoms with Gasteiger partial charge in [-0.1, -0.05) is 48.0 Å². The fourth-order valence-corrected chi connectivity index (χ4v) is 2.78. The second-order valence-electron chi connectivity index (χ2n) is 5.94. The zero-order chi connectivity index (χ0) is 19.1. The zero-order valence-corrected chi connectivity index (χ0v) is 15.5. The zero-order valence-electron chi connectivity index (χ0n) is 14.7. The van der Waals surface area contributed by atoms with Crippen LogP contribution in [0.4, 0.5) is 0 Å². The van der Waals surface area contributed by atoms with Gasteiger partial charge in [-0.05, 0) is 49.1 Å². The van der Waals surface area contributed by atoms with Gasteiger partial charge in [-0.15, -0.1) is 0 Å². The van der Waals surface area contributed by atoms with Crippen molar-refractivity contribution in [3.63, 3.8) is 0 Å². The summed E-state index contributed by atoms with van der Waals surface area (Å²) in [7, 11) is 0. The molecule has 138 valence electrons. The Kier molecular flexibility index (Phi) is 7.18. The molecule has 2 aromatic carbocycles. The molecule has 0 radical (unpaired) electrons. The summed E-state index contributed by atoms with van der Waals surface area (Å²) in [6.07, 6.45) is 0.259. The number of nitrogens with one attached hydrogen (secondary N) is 1. The molecule has 0 fully saturated rings.